The molecule has 3 heteroatoms. The summed E-state index contributed by atoms with van der Waals surface area (Å²) in [6.07, 6.45) is 3.46. The molecule has 0 aliphatic rings. The highest BCUT2D eigenvalue weighted by atomic mass is 15.1. The Kier molecular flexibility index (Phi) is 6.17. The first-order valence-corrected chi connectivity index (χ1v) is 4.43. The number of nitrogens with zero attached hydrogens (tertiary/aromatic N) is 2. The van der Waals surface area contributed by atoms with Gasteiger partial charge in [-0.25, -0.2) is 0 Å². The molecule has 3 nitrogen and oxygen atoms in total. The molecule has 0 heterocycles. The van der Waals surface area contributed by atoms with Gasteiger partial charge in [0.25, 0.3) is 0 Å². The standard InChI is InChI=1S/C11H17N3/c1-10(9-12)5-6-11(2)14(4)8-7-13-3/h5-6,13H,1-2,7-8H2,3-4H3/b6-5-. The van der Waals surface area contributed by atoms with E-state index in [1.54, 1.807) is 12.2 Å². The van der Waals surface area contributed by atoms with Crippen LogP contribution in [0.2, 0.25) is 0 Å². The minimum absolute atomic E-state index is 0.438. The second-order valence-electron chi connectivity index (χ2n) is 2.99. The Morgan fingerprint density at radius 3 is 2.64 bits per heavy atom. The zero-order valence-electron chi connectivity index (χ0n) is 8.88. The molecule has 1 N–H and O–H groups in total. The summed E-state index contributed by atoms with van der Waals surface area (Å²) in [6.45, 7) is 9.21. The van der Waals surface area contributed by atoms with Crippen molar-refractivity contribution in [1.29, 1.82) is 5.26 Å². The predicted molar refractivity (Wildman–Crippen MR) is 59.6 cm³/mol. The van der Waals surface area contributed by atoms with Gasteiger partial charge in [0.2, 0.25) is 0 Å². The van der Waals surface area contributed by atoms with Gasteiger partial charge in [-0.3, -0.25) is 0 Å². The summed E-state index contributed by atoms with van der Waals surface area (Å²) in [4.78, 5) is 2.01. The maximum atomic E-state index is 8.47. The van der Waals surface area contributed by atoms with Crippen LogP contribution in [0, 0.1) is 11.3 Å². The van der Waals surface area contributed by atoms with Crippen LogP contribution in [0.1, 0.15) is 0 Å². The van der Waals surface area contributed by atoms with E-state index >= 15 is 0 Å². The van der Waals surface area contributed by atoms with E-state index in [-0.39, 0.29) is 0 Å². The van der Waals surface area contributed by atoms with Gasteiger partial charge >= 0.3 is 0 Å². The van der Waals surface area contributed by atoms with Gasteiger partial charge in [0.1, 0.15) is 0 Å². The maximum absolute atomic E-state index is 8.47. The molecule has 0 bridgehead atoms. The van der Waals surface area contributed by atoms with Crippen LogP contribution in [0.15, 0.2) is 36.6 Å². The van der Waals surface area contributed by atoms with Gasteiger partial charge in [-0.1, -0.05) is 13.2 Å². The van der Waals surface area contributed by atoms with E-state index in [0.29, 0.717) is 5.57 Å². The normalized spacial score (nSPS) is 9.79. The molecule has 0 rings (SSSR count). The number of hydrogen-bond acceptors (Lipinski definition) is 3. The molecular formula is C11H17N3. The summed E-state index contributed by atoms with van der Waals surface area (Å²) in [5.41, 5.74) is 1.31. The van der Waals surface area contributed by atoms with Crippen molar-refractivity contribution in [2.24, 2.45) is 0 Å². The smallest absolute Gasteiger partial charge is 0.0985 e. The third-order valence-electron chi connectivity index (χ3n) is 1.81. The highest BCUT2D eigenvalue weighted by molar-refractivity contribution is 5.33. The Morgan fingerprint density at radius 1 is 1.50 bits per heavy atom. The number of allylic oxidation sites excluding steroid dienone is 3. The molecule has 0 spiro atoms. The average molecular weight is 191 g/mol. The van der Waals surface area contributed by atoms with Crippen molar-refractivity contribution in [1.82, 2.24) is 10.2 Å². The van der Waals surface area contributed by atoms with Crippen LogP contribution < -0.4 is 5.32 Å². The average Bonchev–Trinajstić information content (AvgIpc) is 2.21. The van der Waals surface area contributed by atoms with E-state index in [4.69, 9.17) is 5.26 Å². The fourth-order valence-corrected chi connectivity index (χ4v) is 0.784. The second-order valence-corrected chi connectivity index (χ2v) is 2.99. The molecule has 0 fully saturated rings. The van der Waals surface area contributed by atoms with Gasteiger partial charge in [-0.2, -0.15) is 5.26 Å². The van der Waals surface area contributed by atoms with Gasteiger partial charge in [0.05, 0.1) is 6.07 Å². The number of likely N-dealkylation sites (N-methyl/N-ethyl adjacent to an activating group) is 2. The van der Waals surface area contributed by atoms with Crippen LogP contribution in [0.5, 0.6) is 0 Å². The van der Waals surface area contributed by atoms with Crippen LogP contribution in [-0.2, 0) is 0 Å². The molecule has 0 aliphatic heterocycles. The van der Waals surface area contributed by atoms with Gasteiger partial charge in [-0.15, -0.1) is 0 Å². The summed E-state index contributed by atoms with van der Waals surface area (Å²) < 4.78 is 0. The minimum Gasteiger partial charge on any atom is -0.374 e. The van der Waals surface area contributed by atoms with E-state index in [9.17, 15) is 0 Å². The Morgan fingerprint density at radius 2 is 2.14 bits per heavy atom. The largest absolute Gasteiger partial charge is 0.374 e. The van der Waals surface area contributed by atoms with E-state index in [1.807, 2.05) is 25.1 Å². The third-order valence-corrected chi connectivity index (χ3v) is 1.81. The van der Waals surface area contributed by atoms with Crippen molar-refractivity contribution >= 4 is 0 Å². The van der Waals surface area contributed by atoms with Crippen molar-refractivity contribution < 1.29 is 0 Å². The zero-order chi connectivity index (χ0) is 11.0. The number of rotatable bonds is 6. The summed E-state index contributed by atoms with van der Waals surface area (Å²) in [7, 11) is 3.86. The molecule has 14 heavy (non-hydrogen) atoms. The minimum atomic E-state index is 0.438. The van der Waals surface area contributed by atoms with Gasteiger partial charge in [0.15, 0.2) is 0 Å². The first-order valence-electron chi connectivity index (χ1n) is 4.43. The summed E-state index contributed by atoms with van der Waals surface area (Å²) in [6, 6.07) is 1.95. The zero-order valence-corrected chi connectivity index (χ0v) is 8.88. The first kappa shape index (κ1) is 12.5. The van der Waals surface area contributed by atoms with Crippen molar-refractivity contribution in [3.05, 3.63) is 36.6 Å². The third kappa shape index (κ3) is 5.18. The van der Waals surface area contributed by atoms with E-state index in [1.165, 1.54) is 0 Å². The second kappa shape index (κ2) is 6.93. The SMILES string of the molecule is C=C(C#N)/C=C\C(=C)N(C)CCNC. The van der Waals surface area contributed by atoms with Crippen molar-refractivity contribution in [2.75, 3.05) is 27.2 Å². The Hall–Kier alpha value is -1.53. The summed E-state index contributed by atoms with van der Waals surface area (Å²) >= 11 is 0. The monoisotopic (exact) mass is 191 g/mol. The first-order chi connectivity index (χ1) is 6.61. The van der Waals surface area contributed by atoms with Crippen LogP contribution in [0.3, 0.4) is 0 Å². The van der Waals surface area contributed by atoms with Crippen molar-refractivity contribution in [3.8, 4) is 6.07 Å². The number of hydrogen-bond donors (Lipinski definition) is 1. The van der Waals surface area contributed by atoms with Crippen LogP contribution in [0.4, 0.5) is 0 Å². The van der Waals surface area contributed by atoms with E-state index in [2.05, 4.69) is 18.5 Å². The molecule has 0 saturated carbocycles. The molecule has 0 amide bonds. The lowest BCUT2D eigenvalue weighted by Crippen LogP contribution is -2.25. The van der Waals surface area contributed by atoms with Gasteiger partial charge < -0.3 is 10.2 Å². The van der Waals surface area contributed by atoms with E-state index in [0.717, 1.165) is 18.8 Å². The van der Waals surface area contributed by atoms with Crippen LogP contribution >= 0.6 is 0 Å². The van der Waals surface area contributed by atoms with Crippen LogP contribution in [0.25, 0.3) is 0 Å². The molecule has 0 unspecified atom stereocenters. The lowest BCUT2D eigenvalue weighted by atomic mass is 10.2. The number of nitrogens with one attached hydrogen (secondary N) is 1. The highest BCUT2D eigenvalue weighted by Crippen LogP contribution is 2.01. The Balaban J connectivity index is 4.02. The van der Waals surface area contributed by atoms with Crippen molar-refractivity contribution in [2.45, 2.75) is 0 Å². The van der Waals surface area contributed by atoms with Crippen LogP contribution in [-0.4, -0.2) is 32.1 Å². The van der Waals surface area contributed by atoms with Gasteiger partial charge in [0, 0.05) is 31.4 Å². The highest BCUT2D eigenvalue weighted by Gasteiger charge is 1.96. The Labute approximate surface area is 86.0 Å². The lowest BCUT2D eigenvalue weighted by molar-refractivity contribution is 0.429. The molecule has 0 saturated heterocycles. The molecule has 76 valence electrons. The maximum Gasteiger partial charge on any atom is 0.0985 e. The fourth-order valence-electron chi connectivity index (χ4n) is 0.784. The summed E-state index contributed by atoms with van der Waals surface area (Å²) in [5, 5.41) is 11.5. The Bertz CT molecular complexity index is 271. The quantitative estimate of drug-likeness (QED) is 0.508. The fraction of sp³-hybridized carbons (Fsp3) is 0.364. The topological polar surface area (TPSA) is 39.1 Å². The molecule has 0 aromatic heterocycles. The molecule has 0 aromatic carbocycles. The predicted octanol–water partition coefficient (Wildman–Crippen LogP) is 1.29. The molecular weight excluding hydrogens is 174 g/mol. The summed E-state index contributed by atoms with van der Waals surface area (Å²) in [5.74, 6) is 0. The molecule has 0 aliphatic carbocycles. The molecule has 0 atom stereocenters. The van der Waals surface area contributed by atoms with Crippen molar-refractivity contribution in [3.63, 3.8) is 0 Å². The molecule has 0 radical (unpaired) electrons. The number of nitriles is 1. The molecule has 0 aromatic rings. The lowest BCUT2D eigenvalue weighted by Gasteiger charge is -2.18. The van der Waals surface area contributed by atoms with E-state index < -0.39 is 0 Å². The van der Waals surface area contributed by atoms with Gasteiger partial charge in [-0.05, 0) is 19.2 Å².